The van der Waals surface area contributed by atoms with Crippen LogP contribution in [0.3, 0.4) is 0 Å². The molecule has 1 aromatic heterocycles. The van der Waals surface area contributed by atoms with E-state index < -0.39 is 11.8 Å². The zero-order valence-electron chi connectivity index (χ0n) is 13.8. The molecule has 2 heterocycles. The third-order valence-electron chi connectivity index (χ3n) is 4.44. The van der Waals surface area contributed by atoms with E-state index in [1.54, 1.807) is 30.6 Å². The van der Waals surface area contributed by atoms with E-state index in [4.69, 9.17) is 28.0 Å². The normalized spacial score (nSPS) is 19.6. The third-order valence-corrected chi connectivity index (χ3v) is 5.57. The van der Waals surface area contributed by atoms with E-state index in [0.717, 1.165) is 15.9 Å². The van der Waals surface area contributed by atoms with Crippen LogP contribution in [0.2, 0.25) is 10.0 Å². The van der Waals surface area contributed by atoms with Gasteiger partial charge in [-0.2, -0.15) is 13.2 Å². The first-order chi connectivity index (χ1) is 13.2. The predicted molar refractivity (Wildman–Crippen MR) is 106 cm³/mol. The first kappa shape index (κ1) is 19.5. The Labute approximate surface area is 176 Å². The number of hydroxylamine groups is 1. The van der Waals surface area contributed by atoms with E-state index >= 15 is 0 Å². The average Bonchev–Trinajstić information content (AvgIpc) is 3.08. The average molecular weight is 490 g/mol. The molecule has 28 heavy (non-hydrogen) atoms. The molecule has 0 fully saturated rings. The summed E-state index contributed by atoms with van der Waals surface area (Å²) in [6.07, 6.45) is -0.560. The van der Waals surface area contributed by atoms with Crippen molar-refractivity contribution in [3.8, 4) is 0 Å². The summed E-state index contributed by atoms with van der Waals surface area (Å²) in [5.74, 6) is 0. The lowest BCUT2D eigenvalue weighted by Gasteiger charge is -2.28. The molecule has 1 atom stereocenters. The van der Waals surface area contributed by atoms with Crippen molar-refractivity contribution in [1.29, 1.82) is 0 Å². The van der Waals surface area contributed by atoms with Crippen LogP contribution in [0.25, 0.3) is 16.5 Å². The highest BCUT2D eigenvalue weighted by Crippen LogP contribution is 2.48. The molecule has 9 heteroatoms. The first-order valence-corrected chi connectivity index (χ1v) is 9.49. The standard InChI is InChI=1S/C19H10BrCl2F3N2O/c20-16-2-1-14(13-3-4-26-9-15(13)16)17-8-18(28-27-17,19(23,24)25)10-5-11(21)7-12(22)6-10/h1-9,27H. The first-order valence-electron chi connectivity index (χ1n) is 7.94. The van der Waals surface area contributed by atoms with Gasteiger partial charge in [-0.05, 0) is 41.8 Å². The summed E-state index contributed by atoms with van der Waals surface area (Å²) >= 11 is 15.3. The summed E-state index contributed by atoms with van der Waals surface area (Å²) in [6, 6.07) is 8.90. The molecular weight excluding hydrogens is 480 g/mol. The lowest BCUT2D eigenvalue weighted by atomic mass is 9.91. The van der Waals surface area contributed by atoms with E-state index in [9.17, 15) is 13.2 Å². The number of fused-ring (bicyclic) bond motifs is 1. The number of alkyl halides is 3. The van der Waals surface area contributed by atoms with E-state index in [-0.39, 0.29) is 21.3 Å². The zero-order chi connectivity index (χ0) is 20.1. The number of nitrogens with zero attached hydrogens (tertiary/aromatic N) is 1. The number of pyridine rings is 1. The highest BCUT2D eigenvalue weighted by atomic mass is 79.9. The van der Waals surface area contributed by atoms with Crippen LogP contribution in [-0.2, 0) is 10.4 Å². The molecule has 0 bridgehead atoms. The van der Waals surface area contributed by atoms with Crippen molar-refractivity contribution in [3.63, 3.8) is 0 Å². The highest BCUT2D eigenvalue weighted by Gasteiger charge is 2.59. The molecule has 144 valence electrons. The van der Waals surface area contributed by atoms with Crippen LogP contribution in [0.1, 0.15) is 11.1 Å². The Balaban J connectivity index is 1.93. The third kappa shape index (κ3) is 3.16. The molecule has 4 rings (SSSR count). The Bertz CT molecular complexity index is 1100. The molecule has 0 saturated heterocycles. The van der Waals surface area contributed by atoms with E-state index in [2.05, 4.69) is 26.4 Å². The topological polar surface area (TPSA) is 34.2 Å². The van der Waals surface area contributed by atoms with Crippen LogP contribution in [0.5, 0.6) is 0 Å². The van der Waals surface area contributed by atoms with Crippen LogP contribution in [-0.4, -0.2) is 11.2 Å². The summed E-state index contributed by atoms with van der Waals surface area (Å²) in [5, 5.41) is 1.64. The molecule has 1 unspecified atom stereocenters. The van der Waals surface area contributed by atoms with Crippen LogP contribution in [0, 0.1) is 0 Å². The molecule has 0 spiro atoms. The van der Waals surface area contributed by atoms with Crippen molar-refractivity contribution in [2.24, 2.45) is 0 Å². The van der Waals surface area contributed by atoms with Crippen LogP contribution in [0.15, 0.2) is 59.3 Å². The second-order valence-corrected chi connectivity index (χ2v) is 7.90. The number of rotatable bonds is 2. The maximum atomic E-state index is 14.1. The number of halogens is 6. The number of hydrogen-bond donors (Lipinski definition) is 1. The SMILES string of the molecule is FC(F)(F)C1(c2cc(Cl)cc(Cl)c2)C=C(c2ccc(Br)c3cnccc23)NO1. The highest BCUT2D eigenvalue weighted by molar-refractivity contribution is 9.10. The quantitative estimate of drug-likeness (QED) is 0.438. The maximum Gasteiger partial charge on any atom is 0.428 e. The number of nitrogens with one attached hydrogen (secondary N) is 1. The van der Waals surface area contributed by atoms with Crippen molar-refractivity contribution >= 4 is 55.6 Å². The number of benzene rings is 2. The summed E-state index contributed by atoms with van der Waals surface area (Å²) < 4.78 is 43.1. The molecule has 3 nitrogen and oxygen atoms in total. The van der Waals surface area contributed by atoms with Gasteiger partial charge in [-0.3, -0.25) is 15.3 Å². The Kier molecular flexibility index (Phi) is 4.82. The van der Waals surface area contributed by atoms with E-state index in [1.165, 1.54) is 18.2 Å². The smallest absolute Gasteiger partial charge is 0.265 e. The molecule has 1 aliphatic heterocycles. The molecular formula is C19H10BrCl2F3N2O. The van der Waals surface area contributed by atoms with Gasteiger partial charge in [-0.1, -0.05) is 45.2 Å². The summed E-state index contributed by atoms with van der Waals surface area (Å²) in [4.78, 5) is 9.20. The van der Waals surface area contributed by atoms with Gasteiger partial charge in [0.2, 0.25) is 5.60 Å². The van der Waals surface area contributed by atoms with Gasteiger partial charge in [0.25, 0.3) is 0 Å². The molecule has 2 aromatic carbocycles. The number of aromatic nitrogens is 1. The van der Waals surface area contributed by atoms with Gasteiger partial charge in [0.05, 0.1) is 5.70 Å². The fourth-order valence-electron chi connectivity index (χ4n) is 3.13. The van der Waals surface area contributed by atoms with Gasteiger partial charge in [-0.15, -0.1) is 0 Å². The molecule has 1 N–H and O–H groups in total. The summed E-state index contributed by atoms with van der Waals surface area (Å²) in [5.41, 5.74) is 0.206. The maximum absolute atomic E-state index is 14.1. The van der Waals surface area contributed by atoms with Crippen molar-refractivity contribution in [1.82, 2.24) is 10.5 Å². The van der Waals surface area contributed by atoms with Crippen LogP contribution in [0.4, 0.5) is 13.2 Å². The van der Waals surface area contributed by atoms with Crippen molar-refractivity contribution < 1.29 is 18.0 Å². The molecule has 1 aliphatic rings. The second kappa shape index (κ2) is 6.91. The lowest BCUT2D eigenvalue weighted by Crippen LogP contribution is -2.42. The fraction of sp³-hybridized carbons (Fsp3) is 0.105. The van der Waals surface area contributed by atoms with Gasteiger partial charge in [0.1, 0.15) is 0 Å². The largest absolute Gasteiger partial charge is 0.428 e. The number of hydrogen-bond acceptors (Lipinski definition) is 3. The van der Waals surface area contributed by atoms with E-state index in [1.807, 2.05) is 0 Å². The fourth-order valence-corrected chi connectivity index (χ4v) is 4.11. The van der Waals surface area contributed by atoms with Gasteiger partial charge in [0.15, 0.2) is 0 Å². The van der Waals surface area contributed by atoms with Gasteiger partial charge >= 0.3 is 6.18 Å². The molecule has 0 amide bonds. The summed E-state index contributed by atoms with van der Waals surface area (Å²) in [7, 11) is 0. The summed E-state index contributed by atoms with van der Waals surface area (Å²) in [6.45, 7) is 0. The monoisotopic (exact) mass is 488 g/mol. The van der Waals surface area contributed by atoms with Crippen molar-refractivity contribution in [2.75, 3.05) is 0 Å². The minimum absolute atomic E-state index is 0.0803. The minimum Gasteiger partial charge on any atom is -0.265 e. The zero-order valence-corrected chi connectivity index (χ0v) is 16.9. The second-order valence-electron chi connectivity index (χ2n) is 6.17. The van der Waals surface area contributed by atoms with Gasteiger partial charge < -0.3 is 0 Å². The van der Waals surface area contributed by atoms with Crippen LogP contribution < -0.4 is 5.48 Å². The minimum atomic E-state index is -4.76. The molecule has 0 aliphatic carbocycles. The Hall–Kier alpha value is -1.80. The predicted octanol–water partition coefficient (Wildman–Crippen LogP) is 6.64. The van der Waals surface area contributed by atoms with Crippen molar-refractivity contribution in [3.05, 3.63) is 80.5 Å². The molecule has 0 radical (unpaired) electrons. The Morgan fingerprint density at radius 2 is 1.75 bits per heavy atom. The molecule has 0 saturated carbocycles. The van der Waals surface area contributed by atoms with E-state index in [0.29, 0.717) is 10.9 Å². The van der Waals surface area contributed by atoms with Crippen molar-refractivity contribution in [2.45, 2.75) is 11.8 Å². The Morgan fingerprint density at radius 1 is 1.04 bits per heavy atom. The Morgan fingerprint density at radius 3 is 2.43 bits per heavy atom. The lowest BCUT2D eigenvalue weighted by molar-refractivity contribution is -0.269. The van der Waals surface area contributed by atoms with Gasteiger partial charge in [-0.25, -0.2) is 0 Å². The van der Waals surface area contributed by atoms with Gasteiger partial charge in [0, 0.05) is 43.4 Å². The molecule has 3 aromatic rings. The van der Waals surface area contributed by atoms with Crippen LogP contribution >= 0.6 is 39.1 Å².